The molecule has 0 aliphatic heterocycles. The third-order valence-corrected chi connectivity index (χ3v) is 6.73. The molecule has 1 aliphatic carbocycles. The Morgan fingerprint density at radius 3 is 1.95 bits per heavy atom. The number of benzene rings is 3. The average Bonchev–Trinajstić information content (AvgIpc) is 3.68. The van der Waals surface area contributed by atoms with Gasteiger partial charge in [0.25, 0.3) is 0 Å². The summed E-state index contributed by atoms with van der Waals surface area (Å²) in [6.45, 7) is 0. The second-order valence-corrected chi connectivity index (χ2v) is 9.62. The van der Waals surface area contributed by atoms with E-state index in [1.54, 1.807) is 56.8 Å². The van der Waals surface area contributed by atoms with Crippen LogP contribution in [0.2, 0.25) is 0 Å². The number of hydrogen-bond acceptors (Lipinski definition) is 6. The first-order valence-corrected chi connectivity index (χ1v) is 12.5. The number of nitrogens with zero attached hydrogens (tertiary/aromatic N) is 1. The van der Waals surface area contributed by atoms with Gasteiger partial charge in [-0.3, -0.25) is 14.6 Å². The van der Waals surface area contributed by atoms with E-state index in [2.05, 4.69) is 15.6 Å². The lowest BCUT2D eigenvalue weighted by atomic mass is 9.97. The third-order valence-electron chi connectivity index (χ3n) is 6.73. The number of carbonyl (C=O) groups is 2. The van der Waals surface area contributed by atoms with Crippen molar-refractivity contribution in [1.29, 1.82) is 0 Å². The second-order valence-electron chi connectivity index (χ2n) is 9.62. The van der Waals surface area contributed by atoms with Gasteiger partial charge in [0, 0.05) is 41.9 Å². The molecule has 0 radical (unpaired) electrons. The molecule has 2 amide bonds. The van der Waals surface area contributed by atoms with Crippen molar-refractivity contribution < 1.29 is 28.2 Å². The molecule has 200 valence electrons. The molecular weight excluding hydrogens is 501 g/mol. The van der Waals surface area contributed by atoms with Crippen LogP contribution in [0.5, 0.6) is 23.0 Å². The monoisotopic (exact) mass is 529 g/mol. The number of rotatable bonds is 10. The highest BCUT2D eigenvalue weighted by molar-refractivity contribution is 5.94. The molecule has 1 fully saturated rings. The molecule has 0 saturated heterocycles. The van der Waals surface area contributed by atoms with Gasteiger partial charge < -0.3 is 24.8 Å². The largest absolute Gasteiger partial charge is 0.493 e. The predicted molar refractivity (Wildman–Crippen MR) is 146 cm³/mol. The van der Waals surface area contributed by atoms with Crippen molar-refractivity contribution in [2.45, 2.75) is 25.7 Å². The van der Waals surface area contributed by atoms with E-state index in [0.29, 0.717) is 39.9 Å². The maximum absolute atomic E-state index is 13.1. The molecule has 1 aliphatic rings. The molecular formula is C30H28FN3O5. The molecule has 1 saturated carbocycles. The van der Waals surface area contributed by atoms with Gasteiger partial charge in [-0.25, -0.2) is 4.39 Å². The highest BCUT2D eigenvalue weighted by Gasteiger charge is 2.45. The van der Waals surface area contributed by atoms with Crippen LogP contribution >= 0.6 is 0 Å². The van der Waals surface area contributed by atoms with Crippen LogP contribution in [0, 0.1) is 11.2 Å². The van der Waals surface area contributed by atoms with Gasteiger partial charge in [0.05, 0.1) is 19.7 Å². The van der Waals surface area contributed by atoms with Gasteiger partial charge in [0.2, 0.25) is 11.8 Å². The summed E-state index contributed by atoms with van der Waals surface area (Å²) in [4.78, 5) is 29.6. The molecule has 2 N–H and O–H groups in total. The summed E-state index contributed by atoms with van der Waals surface area (Å²) in [5, 5.41) is 6.45. The van der Waals surface area contributed by atoms with Crippen LogP contribution in [-0.4, -0.2) is 31.0 Å². The Kier molecular flexibility index (Phi) is 7.31. The van der Waals surface area contributed by atoms with Crippen LogP contribution < -0.4 is 24.8 Å². The average molecular weight is 530 g/mol. The Labute approximate surface area is 225 Å². The summed E-state index contributed by atoms with van der Waals surface area (Å²) in [6, 6.07) is 18.1. The first-order chi connectivity index (χ1) is 18.9. The molecule has 8 nitrogen and oxygen atoms in total. The highest BCUT2D eigenvalue weighted by atomic mass is 19.1. The topological polar surface area (TPSA) is 98.8 Å². The van der Waals surface area contributed by atoms with Crippen molar-refractivity contribution >= 4 is 34.1 Å². The van der Waals surface area contributed by atoms with E-state index in [9.17, 15) is 14.0 Å². The molecule has 3 aromatic carbocycles. The first-order valence-electron chi connectivity index (χ1n) is 12.5. The van der Waals surface area contributed by atoms with Crippen LogP contribution in [0.1, 0.15) is 25.7 Å². The summed E-state index contributed by atoms with van der Waals surface area (Å²) in [5.74, 6) is 1.64. The van der Waals surface area contributed by atoms with Gasteiger partial charge in [-0.15, -0.1) is 0 Å². The van der Waals surface area contributed by atoms with E-state index in [1.807, 2.05) is 6.07 Å². The lowest BCUT2D eigenvalue weighted by Crippen LogP contribution is -2.22. The lowest BCUT2D eigenvalue weighted by molar-refractivity contribution is -0.119. The molecule has 0 bridgehead atoms. The van der Waals surface area contributed by atoms with Gasteiger partial charge >= 0.3 is 0 Å². The number of hydrogen-bond donors (Lipinski definition) is 2. The predicted octanol–water partition coefficient (Wildman–Crippen LogP) is 6.32. The highest BCUT2D eigenvalue weighted by Crippen LogP contribution is 2.52. The number of amides is 2. The fourth-order valence-electron chi connectivity index (χ4n) is 4.49. The zero-order valence-electron chi connectivity index (χ0n) is 21.6. The molecule has 4 aromatic rings. The summed E-state index contributed by atoms with van der Waals surface area (Å²) >= 11 is 0. The van der Waals surface area contributed by atoms with Crippen LogP contribution in [0.4, 0.5) is 15.8 Å². The van der Waals surface area contributed by atoms with E-state index in [-0.39, 0.29) is 35.9 Å². The van der Waals surface area contributed by atoms with Crippen molar-refractivity contribution in [2.24, 2.45) is 5.41 Å². The summed E-state index contributed by atoms with van der Waals surface area (Å²) in [5.41, 5.74) is 1.52. The van der Waals surface area contributed by atoms with E-state index < -0.39 is 0 Å². The normalized spacial score (nSPS) is 13.4. The summed E-state index contributed by atoms with van der Waals surface area (Å²) in [6.07, 6.45) is 3.75. The number of nitrogens with one attached hydrogen (secondary N) is 2. The van der Waals surface area contributed by atoms with E-state index in [0.717, 1.165) is 18.2 Å². The third kappa shape index (κ3) is 6.26. The minimum atomic E-state index is -0.365. The Balaban J connectivity index is 1.18. The molecule has 0 spiro atoms. The lowest BCUT2D eigenvalue weighted by Gasteiger charge is -2.15. The number of fused-ring (bicyclic) bond motifs is 1. The van der Waals surface area contributed by atoms with Gasteiger partial charge in [0.15, 0.2) is 11.5 Å². The van der Waals surface area contributed by atoms with E-state index in [4.69, 9.17) is 14.2 Å². The summed E-state index contributed by atoms with van der Waals surface area (Å²) in [7, 11) is 3.14. The number of halogens is 1. The minimum Gasteiger partial charge on any atom is -0.493 e. The molecule has 1 heterocycles. The maximum Gasteiger partial charge on any atom is 0.224 e. The van der Waals surface area contributed by atoms with Crippen molar-refractivity contribution in [1.82, 2.24) is 4.98 Å². The molecule has 5 rings (SSSR count). The van der Waals surface area contributed by atoms with Gasteiger partial charge in [-0.2, -0.15) is 0 Å². The smallest absolute Gasteiger partial charge is 0.224 e. The number of pyridine rings is 1. The van der Waals surface area contributed by atoms with Crippen LogP contribution in [0.15, 0.2) is 72.9 Å². The van der Waals surface area contributed by atoms with E-state index in [1.165, 1.54) is 24.3 Å². The zero-order valence-corrected chi connectivity index (χ0v) is 21.6. The van der Waals surface area contributed by atoms with E-state index >= 15 is 0 Å². The first kappa shape index (κ1) is 26.0. The van der Waals surface area contributed by atoms with Gasteiger partial charge in [-0.05, 0) is 78.9 Å². The molecule has 39 heavy (non-hydrogen) atoms. The number of ether oxygens (including phenoxy) is 3. The Hall–Kier alpha value is -4.66. The fraction of sp³-hybridized carbons (Fsp3) is 0.233. The van der Waals surface area contributed by atoms with Crippen molar-refractivity contribution in [3.63, 3.8) is 0 Å². The van der Waals surface area contributed by atoms with Crippen molar-refractivity contribution in [3.05, 3.63) is 78.7 Å². The standard InChI is InChI=1S/C30H28FN3O5/c1-37-26-15-23-24(16-27(26)38-2)32-14-11-25(23)39-22-9-7-21(8-10-22)34-29(36)18-30(12-13-30)17-28(35)33-20-5-3-19(31)4-6-20/h3-11,14-16H,12-13,17-18H2,1-2H3,(H,33,35)(H,34,36). The number of aromatic nitrogens is 1. The zero-order chi connectivity index (χ0) is 27.4. The van der Waals surface area contributed by atoms with Gasteiger partial charge in [0.1, 0.15) is 17.3 Å². The second kappa shape index (κ2) is 11.0. The van der Waals surface area contributed by atoms with Crippen molar-refractivity contribution in [3.8, 4) is 23.0 Å². The van der Waals surface area contributed by atoms with Crippen LogP contribution in [-0.2, 0) is 9.59 Å². The fourth-order valence-corrected chi connectivity index (χ4v) is 4.49. The Morgan fingerprint density at radius 1 is 0.821 bits per heavy atom. The SMILES string of the molecule is COc1cc2nccc(Oc3ccc(NC(=O)CC4(CC(=O)Nc5ccc(F)cc5)CC4)cc3)c2cc1OC. The molecule has 1 aromatic heterocycles. The van der Waals surface area contributed by atoms with Gasteiger partial charge in [-0.1, -0.05) is 0 Å². The quantitative estimate of drug-likeness (QED) is 0.249. The number of carbonyl (C=O) groups excluding carboxylic acids is 2. The van der Waals surface area contributed by atoms with Crippen LogP contribution in [0.3, 0.4) is 0 Å². The van der Waals surface area contributed by atoms with Crippen molar-refractivity contribution in [2.75, 3.05) is 24.9 Å². The molecule has 0 unspecified atom stereocenters. The molecule has 0 atom stereocenters. The summed E-state index contributed by atoms with van der Waals surface area (Å²) < 4.78 is 29.9. The molecule has 9 heteroatoms. The number of anilines is 2. The Morgan fingerprint density at radius 2 is 1.38 bits per heavy atom. The Bertz CT molecular complexity index is 1500. The maximum atomic E-state index is 13.1. The number of methoxy groups -OCH3 is 2. The minimum absolute atomic E-state index is 0.156. The van der Waals surface area contributed by atoms with Crippen LogP contribution in [0.25, 0.3) is 10.9 Å².